The number of quaternary nitrogens is 1. The van der Waals surface area contributed by atoms with Crippen molar-refractivity contribution >= 4 is 5.97 Å². The fourth-order valence-electron chi connectivity index (χ4n) is 5.33. The average Bonchev–Trinajstić information content (AvgIpc) is 2.91. The van der Waals surface area contributed by atoms with E-state index in [9.17, 15) is 14.3 Å². The zero-order chi connectivity index (χ0) is 20.5. The summed E-state index contributed by atoms with van der Waals surface area (Å²) in [6.45, 7) is 0.198. The van der Waals surface area contributed by atoms with E-state index in [0.717, 1.165) is 30.2 Å². The van der Waals surface area contributed by atoms with Gasteiger partial charge in [-0.3, -0.25) is 0 Å². The molecule has 2 heterocycles. The Labute approximate surface area is 171 Å². The molecule has 1 N–H and O–H groups in total. The summed E-state index contributed by atoms with van der Waals surface area (Å²) in [4.78, 5) is 13.3. The fourth-order valence-corrected chi connectivity index (χ4v) is 5.33. The number of rotatable bonds is 6. The molecule has 2 aromatic carbocycles. The highest BCUT2D eigenvalue weighted by Gasteiger charge is 2.53. The molecule has 4 rings (SSSR count). The minimum atomic E-state index is -1.85. The van der Waals surface area contributed by atoms with Gasteiger partial charge in [0.15, 0.2) is 0 Å². The predicted molar refractivity (Wildman–Crippen MR) is 109 cm³/mol. The van der Waals surface area contributed by atoms with Gasteiger partial charge in [0.25, 0.3) is 0 Å². The predicted octanol–water partition coefficient (Wildman–Crippen LogP) is 3.58. The Bertz CT molecular complexity index is 788. The zero-order valence-electron chi connectivity index (χ0n) is 16.8. The van der Waals surface area contributed by atoms with Gasteiger partial charge in [0, 0.05) is 25.7 Å². The van der Waals surface area contributed by atoms with Crippen LogP contribution in [-0.2, 0) is 15.1 Å². The molecule has 2 bridgehead atoms. The number of carbonyl (C=O) groups excluding carboxylic acids is 1. The van der Waals surface area contributed by atoms with E-state index in [4.69, 9.17) is 4.74 Å². The van der Waals surface area contributed by atoms with Crippen LogP contribution in [0.3, 0.4) is 0 Å². The van der Waals surface area contributed by atoms with Crippen LogP contribution in [0.25, 0.3) is 0 Å². The first-order chi connectivity index (χ1) is 14.0. The molecule has 2 aromatic rings. The Morgan fingerprint density at radius 1 is 1.03 bits per heavy atom. The van der Waals surface area contributed by atoms with Gasteiger partial charge in [-0.15, -0.1) is 0 Å². The van der Waals surface area contributed by atoms with Crippen molar-refractivity contribution in [2.24, 2.45) is 0 Å². The van der Waals surface area contributed by atoms with Gasteiger partial charge in [0.1, 0.15) is 19.3 Å². The smallest absolute Gasteiger partial charge is 0.347 e. The van der Waals surface area contributed by atoms with Crippen LogP contribution in [-0.4, -0.2) is 54.0 Å². The van der Waals surface area contributed by atoms with E-state index in [2.05, 4.69) is 7.05 Å². The molecule has 0 spiro atoms. The van der Waals surface area contributed by atoms with E-state index in [1.165, 1.54) is 0 Å². The fraction of sp³-hybridized carbons (Fsp3) is 0.458. The molecule has 2 saturated heterocycles. The SMILES string of the molecule is C[N+]1(CCF)[C@@H]2CC[C@H]1CC(OC(=O)C(O)(c1ccccc1)c1ccccc1)C2. The first kappa shape index (κ1) is 20.0. The summed E-state index contributed by atoms with van der Waals surface area (Å²) >= 11 is 0. The van der Waals surface area contributed by atoms with Crippen LogP contribution in [0, 0.1) is 0 Å². The van der Waals surface area contributed by atoms with Crippen LogP contribution in [0.2, 0.25) is 0 Å². The third kappa shape index (κ3) is 3.47. The molecule has 2 fully saturated rings. The Balaban J connectivity index is 1.58. The molecule has 0 radical (unpaired) electrons. The van der Waals surface area contributed by atoms with E-state index < -0.39 is 11.6 Å². The molecular weight excluding hydrogens is 369 g/mol. The lowest BCUT2D eigenvalue weighted by Crippen LogP contribution is -2.60. The van der Waals surface area contributed by atoms with Gasteiger partial charge in [0.05, 0.1) is 19.1 Å². The Kier molecular flexibility index (Phi) is 5.45. The number of halogens is 1. The summed E-state index contributed by atoms with van der Waals surface area (Å²) in [7, 11) is 2.13. The van der Waals surface area contributed by atoms with Gasteiger partial charge in [-0.2, -0.15) is 0 Å². The maximum absolute atomic E-state index is 13.3. The minimum Gasteiger partial charge on any atom is -0.459 e. The summed E-state index contributed by atoms with van der Waals surface area (Å²) in [5, 5.41) is 11.6. The number of alkyl halides is 1. The van der Waals surface area contributed by atoms with Gasteiger partial charge >= 0.3 is 5.97 Å². The molecule has 29 heavy (non-hydrogen) atoms. The van der Waals surface area contributed by atoms with Crippen molar-refractivity contribution in [3.05, 3.63) is 71.8 Å². The first-order valence-corrected chi connectivity index (χ1v) is 10.4. The Morgan fingerprint density at radius 3 is 1.97 bits per heavy atom. The molecule has 4 nitrogen and oxygen atoms in total. The second-order valence-electron chi connectivity index (χ2n) is 8.59. The summed E-state index contributed by atoms with van der Waals surface area (Å²) in [6, 6.07) is 18.5. The molecular formula is C24H29FNO3+. The Hall–Kier alpha value is -2.24. The monoisotopic (exact) mass is 398 g/mol. The molecule has 0 aliphatic carbocycles. The van der Waals surface area contributed by atoms with Crippen LogP contribution < -0.4 is 0 Å². The molecule has 154 valence electrons. The molecule has 0 amide bonds. The van der Waals surface area contributed by atoms with Crippen molar-refractivity contribution in [3.8, 4) is 0 Å². The van der Waals surface area contributed by atoms with Gasteiger partial charge in [-0.25, -0.2) is 9.18 Å². The molecule has 2 unspecified atom stereocenters. The number of nitrogens with zero attached hydrogens (tertiary/aromatic N) is 1. The third-order valence-electron chi connectivity index (χ3n) is 7.09. The second kappa shape index (κ2) is 7.88. The van der Waals surface area contributed by atoms with Crippen LogP contribution >= 0.6 is 0 Å². The number of fused-ring (bicyclic) bond motifs is 2. The number of aliphatic hydroxyl groups is 1. The van der Waals surface area contributed by atoms with Gasteiger partial charge < -0.3 is 14.3 Å². The van der Waals surface area contributed by atoms with Gasteiger partial charge in [-0.05, 0) is 11.1 Å². The average molecular weight is 398 g/mol. The molecule has 2 aliphatic rings. The highest BCUT2D eigenvalue weighted by Crippen LogP contribution is 2.43. The Morgan fingerprint density at radius 2 is 1.52 bits per heavy atom. The standard InChI is InChI=1S/C24H29FNO3/c1-26(15-14-25)20-12-13-21(26)17-22(16-20)29-23(27)24(28,18-8-4-2-5-9-18)19-10-6-3-7-11-19/h2-11,20-22,28H,12-17H2,1H3/q+1/t20-,21+,22?,26?. The summed E-state index contributed by atoms with van der Waals surface area (Å²) in [5.74, 6) is -0.638. The van der Waals surface area contributed by atoms with Gasteiger partial charge in [0.2, 0.25) is 5.60 Å². The van der Waals surface area contributed by atoms with Crippen molar-refractivity contribution in [1.29, 1.82) is 0 Å². The number of carbonyl (C=O) groups is 1. The quantitative estimate of drug-likeness (QED) is 0.598. The van der Waals surface area contributed by atoms with Crippen molar-refractivity contribution in [3.63, 3.8) is 0 Å². The van der Waals surface area contributed by atoms with E-state index >= 15 is 0 Å². The molecule has 0 aromatic heterocycles. The number of hydrogen-bond donors (Lipinski definition) is 1. The van der Waals surface area contributed by atoms with Crippen LogP contribution in [0.4, 0.5) is 4.39 Å². The van der Waals surface area contributed by atoms with Crippen molar-refractivity contribution in [1.82, 2.24) is 0 Å². The third-order valence-corrected chi connectivity index (χ3v) is 7.09. The zero-order valence-corrected chi connectivity index (χ0v) is 16.8. The largest absolute Gasteiger partial charge is 0.459 e. The van der Waals surface area contributed by atoms with E-state index in [0.29, 0.717) is 29.8 Å². The molecule has 4 atom stereocenters. The molecule has 0 saturated carbocycles. The number of hydrogen-bond acceptors (Lipinski definition) is 3. The first-order valence-electron chi connectivity index (χ1n) is 10.4. The van der Waals surface area contributed by atoms with Crippen LogP contribution in [0.5, 0.6) is 0 Å². The number of benzene rings is 2. The lowest BCUT2D eigenvalue weighted by molar-refractivity contribution is -0.949. The summed E-state index contributed by atoms with van der Waals surface area (Å²) < 4.78 is 19.8. The van der Waals surface area contributed by atoms with Gasteiger partial charge in [-0.1, -0.05) is 60.7 Å². The van der Waals surface area contributed by atoms with E-state index in [1.807, 2.05) is 12.1 Å². The number of ether oxygens (including phenoxy) is 1. The molecule has 2 aliphatic heterocycles. The topological polar surface area (TPSA) is 46.5 Å². The second-order valence-corrected chi connectivity index (χ2v) is 8.59. The van der Waals surface area contributed by atoms with Crippen molar-refractivity contribution < 1.29 is 23.5 Å². The van der Waals surface area contributed by atoms with E-state index in [-0.39, 0.29) is 12.8 Å². The lowest BCUT2D eigenvalue weighted by Gasteiger charge is -2.46. The normalized spacial score (nSPS) is 28.9. The summed E-state index contributed by atoms with van der Waals surface area (Å²) in [6.07, 6.45) is 3.27. The molecule has 5 heteroatoms. The highest BCUT2D eigenvalue weighted by molar-refractivity contribution is 5.85. The van der Waals surface area contributed by atoms with E-state index in [1.54, 1.807) is 48.5 Å². The number of esters is 1. The highest BCUT2D eigenvalue weighted by atomic mass is 19.1. The maximum atomic E-state index is 13.3. The number of piperidine rings is 1. The maximum Gasteiger partial charge on any atom is 0.347 e. The van der Waals surface area contributed by atoms with Crippen LogP contribution in [0.1, 0.15) is 36.8 Å². The van der Waals surface area contributed by atoms with Crippen molar-refractivity contribution in [2.75, 3.05) is 20.3 Å². The minimum absolute atomic E-state index is 0.246. The lowest BCUT2D eigenvalue weighted by atomic mass is 9.86. The van der Waals surface area contributed by atoms with Crippen molar-refractivity contribution in [2.45, 2.75) is 49.5 Å². The summed E-state index contributed by atoms with van der Waals surface area (Å²) in [5.41, 5.74) is -0.864. The van der Waals surface area contributed by atoms with Crippen LogP contribution in [0.15, 0.2) is 60.7 Å².